The van der Waals surface area contributed by atoms with Crippen molar-refractivity contribution in [2.24, 2.45) is 0 Å². The third-order valence-corrected chi connectivity index (χ3v) is 5.35. The molecule has 0 aromatic heterocycles. The Kier molecular flexibility index (Phi) is 8.18. The molecule has 2 aliphatic rings. The van der Waals surface area contributed by atoms with Crippen molar-refractivity contribution >= 4 is 0 Å². The monoisotopic (exact) mass is 448 g/mol. The van der Waals surface area contributed by atoms with E-state index in [1.54, 1.807) is 18.2 Å². The van der Waals surface area contributed by atoms with Crippen molar-refractivity contribution in [3.8, 4) is 5.75 Å². The molecule has 2 saturated heterocycles. The van der Waals surface area contributed by atoms with E-state index in [1.807, 2.05) is 0 Å². The third kappa shape index (κ3) is 4.99. The molecule has 3 rings (SSSR count). The molecular formula is C19H28O12. The standard InChI is InChI=1S/C19H28O12/c20-5-8-3-1-2-4-9(8)28-19-16(27)17(13(24)11(7-22)30-19)31-18-15(26)14(25)12(23)10(6-21)29-18/h1-4,10-27H,5-7H2/t10-,11-,12-,13-,14+,15-,16-,17+,18-,19+/m1/s1. The fraction of sp³-hybridized carbons (Fsp3) is 0.684. The number of ether oxygens (including phenoxy) is 4. The summed E-state index contributed by atoms with van der Waals surface area (Å²) < 4.78 is 21.8. The zero-order valence-electron chi connectivity index (χ0n) is 16.4. The summed E-state index contributed by atoms with van der Waals surface area (Å²) in [6.07, 6.45) is -15.4. The van der Waals surface area contributed by atoms with Crippen LogP contribution in [-0.2, 0) is 20.8 Å². The van der Waals surface area contributed by atoms with Crippen molar-refractivity contribution < 1.29 is 59.8 Å². The minimum atomic E-state index is -1.76. The van der Waals surface area contributed by atoms with E-state index in [-0.39, 0.29) is 12.4 Å². The Morgan fingerprint density at radius 2 is 1.32 bits per heavy atom. The highest BCUT2D eigenvalue weighted by atomic mass is 16.7. The van der Waals surface area contributed by atoms with Crippen molar-refractivity contribution in [1.29, 1.82) is 0 Å². The van der Waals surface area contributed by atoms with Gasteiger partial charge in [0.1, 0.15) is 54.6 Å². The van der Waals surface area contributed by atoms with Crippen molar-refractivity contribution in [2.45, 2.75) is 68.0 Å². The Hall–Kier alpha value is -1.42. The fourth-order valence-electron chi connectivity index (χ4n) is 3.52. The predicted molar refractivity (Wildman–Crippen MR) is 99.4 cm³/mol. The molecule has 0 bridgehead atoms. The lowest BCUT2D eigenvalue weighted by Gasteiger charge is -2.45. The summed E-state index contributed by atoms with van der Waals surface area (Å²) in [6.45, 7) is -1.70. The molecule has 1 aromatic carbocycles. The van der Waals surface area contributed by atoms with Gasteiger partial charge < -0.3 is 59.8 Å². The van der Waals surface area contributed by atoms with Gasteiger partial charge in [0.2, 0.25) is 6.29 Å². The molecule has 0 unspecified atom stereocenters. The van der Waals surface area contributed by atoms with E-state index in [1.165, 1.54) is 6.07 Å². The maximum absolute atomic E-state index is 10.7. The quantitative estimate of drug-likeness (QED) is 0.203. The summed E-state index contributed by atoms with van der Waals surface area (Å²) in [7, 11) is 0. The van der Waals surface area contributed by atoms with Gasteiger partial charge in [-0.2, -0.15) is 0 Å². The van der Waals surface area contributed by atoms with Crippen molar-refractivity contribution in [1.82, 2.24) is 0 Å². The Balaban J connectivity index is 1.79. The molecule has 2 aliphatic heterocycles. The summed E-state index contributed by atoms with van der Waals surface area (Å²) in [6, 6.07) is 6.41. The third-order valence-electron chi connectivity index (χ3n) is 5.35. The molecule has 0 amide bonds. The number of rotatable bonds is 7. The predicted octanol–water partition coefficient (Wildman–Crippen LogP) is -3.82. The topological polar surface area (TPSA) is 199 Å². The average molecular weight is 448 g/mol. The second-order valence-corrected chi connectivity index (χ2v) is 7.39. The average Bonchev–Trinajstić information content (AvgIpc) is 2.78. The van der Waals surface area contributed by atoms with Gasteiger partial charge in [-0.05, 0) is 6.07 Å². The molecule has 1 aromatic rings. The van der Waals surface area contributed by atoms with Crippen LogP contribution in [0.5, 0.6) is 5.75 Å². The van der Waals surface area contributed by atoms with Gasteiger partial charge in [-0.1, -0.05) is 18.2 Å². The van der Waals surface area contributed by atoms with Crippen LogP contribution < -0.4 is 4.74 Å². The van der Waals surface area contributed by atoms with Crippen molar-refractivity contribution in [3.63, 3.8) is 0 Å². The molecule has 2 fully saturated rings. The van der Waals surface area contributed by atoms with Crippen LogP contribution in [0.2, 0.25) is 0 Å². The molecule has 31 heavy (non-hydrogen) atoms. The smallest absolute Gasteiger partial charge is 0.229 e. The molecule has 0 radical (unpaired) electrons. The minimum absolute atomic E-state index is 0.189. The number of hydrogen-bond acceptors (Lipinski definition) is 12. The lowest BCUT2D eigenvalue weighted by atomic mass is 9.97. The van der Waals surface area contributed by atoms with E-state index in [0.29, 0.717) is 5.56 Å². The Labute approximate surface area is 177 Å². The summed E-state index contributed by atoms with van der Waals surface area (Å²) in [5.74, 6) is 0.189. The van der Waals surface area contributed by atoms with E-state index < -0.39 is 74.6 Å². The maximum Gasteiger partial charge on any atom is 0.229 e. The normalized spacial score (nSPS) is 41.2. The van der Waals surface area contributed by atoms with Crippen LogP contribution in [0.3, 0.4) is 0 Å². The number of para-hydroxylation sites is 1. The summed E-state index contributed by atoms with van der Waals surface area (Å²) in [4.78, 5) is 0. The van der Waals surface area contributed by atoms with E-state index in [4.69, 9.17) is 18.9 Å². The largest absolute Gasteiger partial charge is 0.462 e. The highest BCUT2D eigenvalue weighted by Crippen LogP contribution is 2.31. The van der Waals surface area contributed by atoms with Crippen LogP contribution in [-0.4, -0.2) is 115 Å². The molecule has 10 atom stereocenters. The summed E-state index contributed by atoms with van der Waals surface area (Å²) >= 11 is 0. The molecule has 2 heterocycles. The molecule has 8 N–H and O–H groups in total. The van der Waals surface area contributed by atoms with Gasteiger partial charge in [0.05, 0.1) is 19.8 Å². The van der Waals surface area contributed by atoms with Gasteiger partial charge in [0.25, 0.3) is 0 Å². The Bertz CT molecular complexity index is 702. The number of hydrogen-bond donors (Lipinski definition) is 8. The van der Waals surface area contributed by atoms with Gasteiger partial charge in [0.15, 0.2) is 6.29 Å². The SMILES string of the molecule is OCc1ccccc1O[C@H]1O[C@H](CO)[C@@H](O)[C@H](O[C@H]2O[C@H](CO)[C@@H](O)[C@H](O)[C@H]2O)[C@H]1O. The fourth-order valence-corrected chi connectivity index (χ4v) is 3.52. The number of benzene rings is 1. The molecule has 12 nitrogen and oxygen atoms in total. The van der Waals surface area contributed by atoms with Gasteiger partial charge in [-0.15, -0.1) is 0 Å². The highest BCUT2D eigenvalue weighted by Gasteiger charge is 2.51. The molecular weight excluding hydrogens is 420 g/mol. The maximum atomic E-state index is 10.7. The van der Waals surface area contributed by atoms with E-state index in [9.17, 15) is 40.9 Å². The summed E-state index contributed by atoms with van der Waals surface area (Å²) in [5, 5.41) is 79.5. The minimum Gasteiger partial charge on any atom is -0.462 e. The van der Waals surface area contributed by atoms with Gasteiger partial charge >= 0.3 is 0 Å². The first-order chi connectivity index (χ1) is 14.8. The first-order valence-electron chi connectivity index (χ1n) is 9.76. The lowest BCUT2D eigenvalue weighted by Crippen LogP contribution is -2.65. The number of aliphatic hydroxyl groups excluding tert-OH is 8. The van der Waals surface area contributed by atoms with Crippen LogP contribution >= 0.6 is 0 Å². The molecule has 0 saturated carbocycles. The Morgan fingerprint density at radius 1 is 0.710 bits per heavy atom. The van der Waals surface area contributed by atoms with Gasteiger partial charge in [-0.25, -0.2) is 0 Å². The van der Waals surface area contributed by atoms with Gasteiger partial charge in [-0.3, -0.25) is 0 Å². The lowest BCUT2D eigenvalue weighted by molar-refractivity contribution is -0.352. The van der Waals surface area contributed by atoms with Crippen LogP contribution in [0.15, 0.2) is 24.3 Å². The van der Waals surface area contributed by atoms with Crippen LogP contribution in [0.1, 0.15) is 5.56 Å². The molecule has 0 aliphatic carbocycles. The van der Waals surface area contributed by atoms with E-state index in [0.717, 1.165) is 0 Å². The molecule has 12 heteroatoms. The zero-order chi connectivity index (χ0) is 22.7. The van der Waals surface area contributed by atoms with Crippen LogP contribution in [0, 0.1) is 0 Å². The van der Waals surface area contributed by atoms with E-state index >= 15 is 0 Å². The number of aliphatic hydroxyl groups is 8. The second kappa shape index (κ2) is 10.5. The van der Waals surface area contributed by atoms with Crippen molar-refractivity contribution in [3.05, 3.63) is 29.8 Å². The van der Waals surface area contributed by atoms with Gasteiger partial charge in [0, 0.05) is 5.56 Å². The van der Waals surface area contributed by atoms with Crippen LogP contribution in [0.25, 0.3) is 0 Å². The Morgan fingerprint density at radius 3 is 1.97 bits per heavy atom. The van der Waals surface area contributed by atoms with Crippen molar-refractivity contribution in [2.75, 3.05) is 13.2 Å². The zero-order valence-corrected chi connectivity index (χ0v) is 16.4. The molecule has 0 spiro atoms. The van der Waals surface area contributed by atoms with E-state index in [2.05, 4.69) is 0 Å². The van der Waals surface area contributed by atoms with Crippen LogP contribution in [0.4, 0.5) is 0 Å². The second-order valence-electron chi connectivity index (χ2n) is 7.39. The highest BCUT2D eigenvalue weighted by molar-refractivity contribution is 5.32. The summed E-state index contributed by atoms with van der Waals surface area (Å²) in [5.41, 5.74) is 0.399. The first-order valence-corrected chi connectivity index (χ1v) is 9.76. The first kappa shape index (κ1) is 24.2. The molecule has 176 valence electrons.